The summed E-state index contributed by atoms with van der Waals surface area (Å²) in [6, 6.07) is 13.6. The number of benzene rings is 2. The number of nitrogens with zero attached hydrogens (tertiary/aromatic N) is 3. The Morgan fingerprint density at radius 3 is 2.92 bits per heavy atom. The van der Waals surface area contributed by atoms with Gasteiger partial charge < -0.3 is 14.6 Å². The van der Waals surface area contributed by atoms with E-state index in [-0.39, 0.29) is 18.0 Å². The molecule has 1 amide bonds. The number of methoxy groups -OCH3 is 1. The molecule has 0 aliphatic rings. The Morgan fingerprint density at radius 2 is 2.19 bits per heavy atom. The smallest absolute Gasteiger partial charge is 0.258 e. The van der Waals surface area contributed by atoms with Crippen LogP contribution in [0.5, 0.6) is 5.75 Å². The van der Waals surface area contributed by atoms with Gasteiger partial charge in [0.1, 0.15) is 11.8 Å². The maximum absolute atomic E-state index is 12.2. The van der Waals surface area contributed by atoms with Gasteiger partial charge in [-0.15, -0.1) is 0 Å². The van der Waals surface area contributed by atoms with Gasteiger partial charge in [0.2, 0.25) is 0 Å². The number of ether oxygens (including phenoxy) is 1. The molecule has 0 spiro atoms. The van der Waals surface area contributed by atoms with E-state index >= 15 is 0 Å². The lowest BCUT2D eigenvalue weighted by Crippen LogP contribution is -2.23. The van der Waals surface area contributed by atoms with Gasteiger partial charge in [0.25, 0.3) is 11.8 Å². The summed E-state index contributed by atoms with van der Waals surface area (Å²) in [5.74, 6) is 0.682. The van der Waals surface area contributed by atoms with Gasteiger partial charge in [-0.1, -0.05) is 22.8 Å². The summed E-state index contributed by atoms with van der Waals surface area (Å²) in [5, 5.41) is 16.2. The third kappa shape index (κ3) is 3.82. The lowest BCUT2D eigenvalue weighted by molar-refractivity contribution is 0.0949. The highest BCUT2D eigenvalue weighted by atomic mass is 35.5. The molecule has 0 atom stereocenters. The van der Waals surface area contributed by atoms with Crippen LogP contribution in [0.4, 0.5) is 0 Å². The fourth-order valence-electron chi connectivity index (χ4n) is 2.26. The number of aromatic nitrogens is 2. The number of carbonyl (C=O) groups excluding carboxylic acids is 1. The van der Waals surface area contributed by atoms with E-state index in [1.807, 2.05) is 6.07 Å². The third-order valence-electron chi connectivity index (χ3n) is 3.53. The maximum Gasteiger partial charge on any atom is 0.258 e. The quantitative estimate of drug-likeness (QED) is 0.742. The highest BCUT2D eigenvalue weighted by Crippen LogP contribution is 2.21. The minimum atomic E-state index is -0.363. The molecule has 7 nitrogen and oxygen atoms in total. The lowest BCUT2D eigenvalue weighted by atomic mass is 10.1. The summed E-state index contributed by atoms with van der Waals surface area (Å²) in [6.07, 6.45) is 0. The molecular formula is C18H13ClN4O3. The van der Waals surface area contributed by atoms with E-state index in [1.54, 1.807) is 36.4 Å². The van der Waals surface area contributed by atoms with Crippen molar-refractivity contribution in [3.63, 3.8) is 0 Å². The van der Waals surface area contributed by atoms with Crippen LogP contribution in [0.1, 0.15) is 21.7 Å². The van der Waals surface area contributed by atoms with Gasteiger partial charge in [0.15, 0.2) is 5.82 Å². The summed E-state index contributed by atoms with van der Waals surface area (Å²) < 4.78 is 10.2. The van der Waals surface area contributed by atoms with E-state index in [0.29, 0.717) is 33.6 Å². The number of carbonyl (C=O) groups is 1. The molecule has 2 aromatic carbocycles. The normalized spacial score (nSPS) is 10.2. The molecule has 0 saturated carbocycles. The van der Waals surface area contributed by atoms with Crippen LogP contribution in [0.15, 0.2) is 47.0 Å². The predicted octanol–water partition coefficient (Wildman–Crippen LogP) is 3.20. The molecule has 3 rings (SSSR count). The fraction of sp³-hybridized carbons (Fsp3) is 0.111. The SMILES string of the molecule is COc1ccc(C(=O)NCc2noc(-c3cccc(Cl)c3)n2)cc1C#N. The average molecular weight is 369 g/mol. The minimum Gasteiger partial charge on any atom is -0.495 e. The van der Waals surface area contributed by atoms with Crippen LogP contribution < -0.4 is 10.1 Å². The van der Waals surface area contributed by atoms with Crippen molar-refractivity contribution in [1.29, 1.82) is 5.26 Å². The number of hydrogen-bond donors (Lipinski definition) is 1. The van der Waals surface area contributed by atoms with E-state index in [4.69, 9.17) is 26.1 Å². The summed E-state index contributed by atoms with van der Waals surface area (Å²) in [6.45, 7) is 0.0802. The number of halogens is 1. The van der Waals surface area contributed by atoms with E-state index in [9.17, 15) is 4.79 Å². The van der Waals surface area contributed by atoms with Crippen molar-refractivity contribution < 1.29 is 14.1 Å². The van der Waals surface area contributed by atoms with Crippen molar-refractivity contribution in [3.8, 4) is 23.3 Å². The van der Waals surface area contributed by atoms with Crippen LogP contribution >= 0.6 is 11.6 Å². The first-order valence-electron chi connectivity index (χ1n) is 7.55. The molecule has 0 radical (unpaired) electrons. The molecule has 0 saturated heterocycles. The second-order valence-corrected chi connectivity index (χ2v) is 5.67. The van der Waals surface area contributed by atoms with Crippen LogP contribution in [0.25, 0.3) is 11.5 Å². The first-order valence-corrected chi connectivity index (χ1v) is 7.93. The fourth-order valence-corrected chi connectivity index (χ4v) is 2.45. The Bertz CT molecular complexity index is 994. The Balaban J connectivity index is 1.68. The van der Waals surface area contributed by atoms with Gasteiger partial charge in [-0.2, -0.15) is 10.2 Å². The molecule has 0 bridgehead atoms. The van der Waals surface area contributed by atoms with Crippen molar-refractivity contribution in [2.45, 2.75) is 6.54 Å². The molecule has 26 heavy (non-hydrogen) atoms. The van der Waals surface area contributed by atoms with Crippen molar-refractivity contribution in [2.75, 3.05) is 7.11 Å². The first-order chi connectivity index (χ1) is 12.6. The van der Waals surface area contributed by atoms with Gasteiger partial charge in [-0.3, -0.25) is 4.79 Å². The molecule has 0 unspecified atom stereocenters. The topological polar surface area (TPSA) is 101 Å². The Kier molecular flexibility index (Phi) is 5.15. The summed E-state index contributed by atoms with van der Waals surface area (Å²) >= 11 is 5.94. The molecule has 8 heteroatoms. The molecule has 0 aliphatic carbocycles. The van der Waals surface area contributed by atoms with Crippen LogP contribution in [0.2, 0.25) is 5.02 Å². The second-order valence-electron chi connectivity index (χ2n) is 5.24. The Hall–Kier alpha value is -3.37. The number of nitrogens with one attached hydrogen (secondary N) is 1. The molecule has 3 aromatic rings. The first kappa shape index (κ1) is 17.5. The zero-order valence-corrected chi connectivity index (χ0v) is 14.4. The van der Waals surface area contributed by atoms with E-state index in [1.165, 1.54) is 13.2 Å². The Labute approximate surface area is 154 Å². The minimum absolute atomic E-state index is 0.0802. The highest BCUT2D eigenvalue weighted by Gasteiger charge is 2.13. The van der Waals surface area contributed by atoms with Gasteiger partial charge in [0, 0.05) is 16.1 Å². The van der Waals surface area contributed by atoms with Gasteiger partial charge in [-0.25, -0.2) is 0 Å². The summed E-state index contributed by atoms with van der Waals surface area (Å²) in [5.41, 5.74) is 1.31. The van der Waals surface area contributed by atoms with Gasteiger partial charge >= 0.3 is 0 Å². The lowest BCUT2D eigenvalue weighted by Gasteiger charge is -2.06. The molecule has 0 fully saturated rings. The van der Waals surface area contributed by atoms with Crippen molar-refractivity contribution >= 4 is 17.5 Å². The Morgan fingerprint density at radius 1 is 1.35 bits per heavy atom. The van der Waals surface area contributed by atoms with Crippen LogP contribution in [-0.4, -0.2) is 23.2 Å². The standard InChI is InChI=1S/C18H13ClN4O3/c1-25-15-6-5-11(7-13(15)9-20)17(24)21-10-16-22-18(26-23-16)12-3-2-4-14(19)8-12/h2-8H,10H2,1H3,(H,21,24). The van der Waals surface area contributed by atoms with Crippen molar-refractivity contribution in [3.05, 3.63) is 64.4 Å². The van der Waals surface area contributed by atoms with E-state index < -0.39 is 0 Å². The largest absolute Gasteiger partial charge is 0.495 e. The predicted molar refractivity (Wildman–Crippen MR) is 93.6 cm³/mol. The van der Waals surface area contributed by atoms with Gasteiger partial charge in [-0.05, 0) is 36.4 Å². The summed E-state index contributed by atoms with van der Waals surface area (Å²) in [4.78, 5) is 16.5. The zero-order chi connectivity index (χ0) is 18.5. The molecule has 1 heterocycles. The van der Waals surface area contributed by atoms with Crippen LogP contribution in [-0.2, 0) is 6.54 Å². The number of amides is 1. The molecule has 130 valence electrons. The second kappa shape index (κ2) is 7.68. The van der Waals surface area contributed by atoms with Crippen molar-refractivity contribution in [2.24, 2.45) is 0 Å². The van der Waals surface area contributed by atoms with E-state index in [0.717, 1.165) is 0 Å². The molecule has 0 aliphatic heterocycles. The third-order valence-corrected chi connectivity index (χ3v) is 3.76. The summed E-state index contributed by atoms with van der Waals surface area (Å²) in [7, 11) is 1.46. The molecule has 1 N–H and O–H groups in total. The number of hydrogen-bond acceptors (Lipinski definition) is 6. The van der Waals surface area contributed by atoms with Crippen LogP contribution in [0.3, 0.4) is 0 Å². The van der Waals surface area contributed by atoms with E-state index in [2.05, 4.69) is 15.5 Å². The highest BCUT2D eigenvalue weighted by molar-refractivity contribution is 6.30. The van der Waals surface area contributed by atoms with Gasteiger partial charge in [0.05, 0.1) is 19.2 Å². The van der Waals surface area contributed by atoms with Crippen molar-refractivity contribution in [1.82, 2.24) is 15.5 Å². The molecular weight excluding hydrogens is 356 g/mol. The monoisotopic (exact) mass is 368 g/mol. The molecule has 1 aromatic heterocycles. The van der Waals surface area contributed by atoms with Crippen LogP contribution in [0, 0.1) is 11.3 Å². The zero-order valence-electron chi connectivity index (χ0n) is 13.7. The number of nitriles is 1. The maximum atomic E-state index is 12.2. The number of rotatable bonds is 5. The average Bonchev–Trinajstić information content (AvgIpc) is 3.14.